The van der Waals surface area contributed by atoms with E-state index in [0.29, 0.717) is 29.6 Å². The average Bonchev–Trinajstić information content (AvgIpc) is 2.58. The molecule has 28 heavy (non-hydrogen) atoms. The van der Waals surface area contributed by atoms with Crippen LogP contribution in [0.4, 0.5) is 0 Å². The first-order valence-corrected chi connectivity index (χ1v) is 10.8. The Hall–Kier alpha value is -1.84. The van der Waals surface area contributed by atoms with E-state index >= 15 is 0 Å². The monoisotopic (exact) mass is 386 g/mol. The van der Waals surface area contributed by atoms with Crippen LogP contribution in [0.25, 0.3) is 0 Å². The molecule has 2 fully saturated rings. The molecule has 1 aromatic rings. The Balaban J connectivity index is 2.17. The molecule has 2 aliphatic rings. The van der Waals surface area contributed by atoms with E-state index < -0.39 is 11.9 Å². The van der Waals surface area contributed by atoms with Gasteiger partial charge in [0.2, 0.25) is 0 Å². The summed E-state index contributed by atoms with van der Waals surface area (Å²) in [5.74, 6) is 0.483. The van der Waals surface area contributed by atoms with Gasteiger partial charge in [-0.25, -0.2) is 9.59 Å². The summed E-state index contributed by atoms with van der Waals surface area (Å²) in [5.41, 5.74) is 1.92. The number of benzene rings is 1. The predicted octanol–water partition coefficient (Wildman–Crippen LogP) is 6.16. The second-order valence-electron chi connectivity index (χ2n) is 9.83. The zero-order chi connectivity index (χ0) is 20.6. The molecular formula is C24H34O4. The van der Waals surface area contributed by atoms with Gasteiger partial charge in [-0.3, -0.25) is 0 Å². The van der Waals surface area contributed by atoms with Crippen LogP contribution in [0, 0.1) is 23.7 Å². The molecule has 0 aromatic heterocycles. The van der Waals surface area contributed by atoms with Crippen LogP contribution in [0.3, 0.4) is 0 Å². The fourth-order valence-corrected chi connectivity index (χ4v) is 6.22. The van der Waals surface area contributed by atoms with Gasteiger partial charge >= 0.3 is 11.9 Å². The van der Waals surface area contributed by atoms with Crippen molar-refractivity contribution in [3.05, 3.63) is 34.4 Å². The van der Waals surface area contributed by atoms with Gasteiger partial charge in [-0.05, 0) is 91.2 Å². The molecule has 4 unspecified atom stereocenters. The Bertz CT molecular complexity index is 733. The topological polar surface area (TPSA) is 74.6 Å². The summed E-state index contributed by atoms with van der Waals surface area (Å²) in [6.07, 6.45) is 6.37. The van der Waals surface area contributed by atoms with Crippen molar-refractivity contribution in [2.45, 2.75) is 78.1 Å². The number of carboxylic acids is 2. The summed E-state index contributed by atoms with van der Waals surface area (Å²) in [7, 11) is 0. The molecule has 4 atom stereocenters. The van der Waals surface area contributed by atoms with E-state index in [1.54, 1.807) is 0 Å². The lowest BCUT2D eigenvalue weighted by Gasteiger charge is -2.37. The van der Waals surface area contributed by atoms with Gasteiger partial charge in [-0.1, -0.05) is 33.8 Å². The number of hydrogen-bond donors (Lipinski definition) is 2. The molecule has 0 bridgehead atoms. The Morgan fingerprint density at radius 1 is 0.714 bits per heavy atom. The van der Waals surface area contributed by atoms with Gasteiger partial charge in [0.1, 0.15) is 0 Å². The predicted molar refractivity (Wildman–Crippen MR) is 110 cm³/mol. The van der Waals surface area contributed by atoms with Crippen molar-refractivity contribution < 1.29 is 19.8 Å². The van der Waals surface area contributed by atoms with E-state index in [2.05, 4.69) is 27.7 Å². The SMILES string of the molecule is CC1CC(C)CC(c2ccc(C(=O)O)c(C(=O)O)c2C2CC(C)CC(C)C2)C1. The number of carbonyl (C=O) groups is 2. The molecule has 0 amide bonds. The summed E-state index contributed by atoms with van der Waals surface area (Å²) in [5, 5.41) is 19.7. The lowest BCUT2D eigenvalue weighted by Crippen LogP contribution is -2.26. The highest BCUT2D eigenvalue weighted by Crippen LogP contribution is 2.47. The molecule has 4 nitrogen and oxygen atoms in total. The van der Waals surface area contributed by atoms with Crippen molar-refractivity contribution in [3.8, 4) is 0 Å². The lowest BCUT2D eigenvalue weighted by molar-refractivity contribution is 0.0649. The van der Waals surface area contributed by atoms with E-state index in [1.165, 1.54) is 12.5 Å². The Labute approximate surface area is 168 Å². The van der Waals surface area contributed by atoms with E-state index in [4.69, 9.17) is 0 Å². The van der Waals surface area contributed by atoms with Gasteiger partial charge in [0.15, 0.2) is 0 Å². The molecule has 154 valence electrons. The van der Waals surface area contributed by atoms with Gasteiger partial charge in [0.05, 0.1) is 11.1 Å². The van der Waals surface area contributed by atoms with Crippen LogP contribution < -0.4 is 0 Å². The minimum Gasteiger partial charge on any atom is -0.478 e. The third-order valence-electron chi connectivity index (χ3n) is 6.93. The molecule has 0 radical (unpaired) electrons. The van der Waals surface area contributed by atoms with Crippen LogP contribution in [-0.2, 0) is 0 Å². The zero-order valence-electron chi connectivity index (χ0n) is 17.6. The molecule has 1 aromatic carbocycles. The van der Waals surface area contributed by atoms with Crippen molar-refractivity contribution in [1.29, 1.82) is 0 Å². The summed E-state index contributed by atoms with van der Waals surface area (Å²) in [6, 6.07) is 3.47. The summed E-state index contributed by atoms with van der Waals surface area (Å²) in [4.78, 5) is 24.1. The molecule has 0 heterocycles. The Morgan fingerprint density at radius 3 is 1.61 bits per heavy atom. The minimum atomic E-state index is -1.15. The van der Waals surface area contributed by atoms with Gasteiger partial charge in [-0.2, -0.15) is 0 Å². The normalized spacial score (nSPS) is 33.4. The van der Waals surface area contributed by atoms with Crippen molar-refractivity contribution in [3.63, 3.8) is 0 Å². The quantitative estimate of drug-likeness (QED) is 0.649. The van der Waals surface area contributed by atoms with Crippen molar-refractivity contribution in [2.24, 2.45) is 23.7 Å². The summed E-state index contributed by atoms with van der Waals surface area (Å²) < 4.78 is 0. The van der Waals surface area contributed by atoms with Crippen LogP contribution in [0.5, 0.6) is 0 Å². The Kier molecular flexibility index (Phi) is 6.16. The maximum atomic E-state index is 12.3. The smallest absolute Gasteiger partial charge is 0.336 e. The highest BCUT2D eigenvalue weighted by atomic mass is 16.4. The molecule has 2 aliphatic carbocycles. The van der Waals surface area contributed by atoms with Gasteiger partial charge in [0.25, 0.3) is 0 Å². The van der Waals surface area contributed by atoms with Crippen LogP contribution in [-0.4, -0.2) is 22.2 Å². The molecule has 4 heteroatoms. The molecule has 2 saturated carbocycles. The van der Waals surface area contributed by atoms with Gasteiger partial charge in [0, 0.05) is 0 Å². The van der Waals surface area contributed by atoms with E-state index in [9.17, 15) is 19.8 Å². The standard InChI is InChI=1S/C24H34O4/c1-13-7-14(2)10-17(9-13)19-5-6-20(23(25)26)22(24(27)28)21(19)18-11-15(3)8-16(4)12-18/h5-6,13-18H,7-12H2,1-4H3,(H,25,26)(H,27,28). The highest BCUT2D eigenvalue weighted by Gasteiger charge is 2.35. The number of aromatic carboxylic acids is 2. The van der Waals surface area contributed by atoms with Crippen LogP contribution in [0.2, 0.25) is 0 Å². The highest BCUT2D eigenvalue weighted by molar-refractivity contribution is 6.03. The first-order valence-electron chi connectivity index (χ1n) is 10.8. The van der Waals surface area contributed by atoms with Gasteiger partial charge in [-0.15, -0.1) is 0 Å². The number of carboxylic acid groups (broad SMARTS) is 2. The van der Waals surface area contributed by atoms with Gasteiger partial charge < -0.3 is 10.2 Å². The number of hydrogen-bond acceptors (Lipinski definition) is 2. The minimum absolute atomic E-state index is 0.0437. The van der Waals surface area contributed by atoms with E-state index in [0.717, 1.165) is 43.2 Å². The number of rotatable bonds is 4. The molecule has 0 aliphatic heterocycles. The Morgan fingerprint density at radius 2 is 1.18 bits per heavy atom. The van der Waals surface area contributed by atoms with E-state index in [-0.39, 0.29) is 17.0 Å². The second kappa shape index (κ2) is 8.26. The molecular weight excluding hydrogens is 352 g/mol. The van der Waals surface area contributed by atoms with Crippen LogP contribution in [0.1, 0.15) is 110 Å². The van der Waals surface area contributed by atoms with Crippen LogP contribution in [0.15, 0.2) is 12.1 Å². The van der Waals surface area contributed by atoms with Crippen molar-refractivity contribution in [1.82, 2.24) is 0 Å². The largest absolute Gasteiger partial charge is 0.478 e. The summed E-state index contributed by atoms with van der Waals surface area (Å²) in [6.45, 7) is 9.01. The molecule has 2 N–H and O–H groups in total. The fraction of sp³-hybridized carbons (Fsp3) is 0.667. The summed E-state index contributed by atoms with van der Waals surface area (Å²) >= 11 is 0. The first-order chi connectivity index (χ1) is 13.2. The second-order valence-corrected chi connectivity index (χ2v) is 9.83. The third kappa shape index (κ3) is 4.26. The van der Waals surface area contributed by atoms with Crippen molar-refractivity contribution >= 4 is 11.9 Å². The van der Waals surface area contributed by atoms with Crippen LogP contribution >= 0.6 is 0 Å². The maximum Gasteiger partial charge on any atom is 0.336 e. The van der Waals surface area contributed by atoms with E-state index in [1.807, 2.05) is 6.07 Å². The third-order valence-corrected chi connectivity index (χ3v) is 6.93. The molecule has 0 saturated heterocycles. The maximum absolute atomic E-state index is 12.3. The zero-order valence-corrected chi connectivity index (χ0v) is 17.6. The van der Waals surface area contributed by atoms with Crippen molar-refractivity contribution in [2.75, 3.05) is 0 Å². The average molecular weight is 387 g/mol. The lowest BCUT2D eigenvalue weighted by atomic mass is 9.67. The molecule has 0 spiro atoms. The first kappa shape index (κ1) is 20.9. The molecule has 3 rings (SSSR count). The fourth-order valence-electron chi connectivity index (χ4n) is 6.22.